The Hall–Kier alpha value is -0.560. The quantitative estimate of drug-likeness (QED) is 0.212. The third-order valence-electron chi connectivity index (χ3n) is 2.91. The first-order chi connectivity index (χ1) is 11.5. The van der Waals surface area contributed by atoms with E-state index < -0.39 is 0 Å². The normalized spacial score (nSPS) is 11.7. The molecule has 0 bridgehead atoms. The average Bonchev–Trinajstić information content (AvgIpc) is 2.53. The van der Waals surface area contributed by atoms with Crippen LogP contribution in [0.5, 0.6) is 0 Å². The van der Waals surface area contributed by atoms with Crippen LogP contribution in [0.1, 0.15) is 73.1 Å². The van der Waals surface area contributed by atoms with Gasteiger partial charge in [-0.05, 0) is 57.0 Å². The fourth-order valence-corrected chi connectivity index (χ4v) is 3.78. The van der Waals surface area contributed by atoms with Crippen molar-refractivity contribution in [1.82, 2.24) is 9.03 Å². The molecule has 0 aromatic rings. The number of amides is 2. The van der Waals surface area contributed by atoms with Crippen molar-refractivity contribution in [2.45, 2.75) is 79.2 Å². The molecule has 0 aliphatic heterocycles. The highest BCUT2D eigenvalue weighted by Crippen LogP contribution is 2.24. The van der Waals surface area contributed by atoms with Crippen molar-refractivity contribution >= 4 is 35.9 Å². The molecule has 0 aliphatic rings. The third-order valence-corrected chi connectivity index (χ3v) is 5.28. The van der Waals surface area contributed by atoms with Crippen LogP contribution in [-0.4, -0.2) is 39.9 Å². The lowest BCUT2D eigenvalue weighted by Gasteiger charge is -2.21. The number of nitrogens with one attached hydrogen (secondary N) is 1. The molecule has 0 aromatic heterocycles. The Morgan fingerprint density at radius 1 is 1.04 bits per heavy atom. The number of nitrogens with zero attached hydrogens (tertiary/aromatic N) is 2. The SMILES string of the molecule is CCCCN=C(NC(=O)N(SCCCC)SCCCC)OC(C)C. The molecule has 142 valence electrons. The summed E-state index contributed by atoms with van der Waals surface area (Å²) in [6, 6.07) is 0.175. The minimum absolute atomic E-state index is 0.0142. The van der Waals surface area contributed by atoms with Crippen LogP contribution in [0.15, 0.2) is 4.99 Å². The third kappa shape index (κ3) is 12.8. The van der Waals surface area contributed by atoms with Crippen molar-refractivity contribution in [3.8, 4) is 0 Å². The van der Waals surface area contributed by atoms with E-state index in [9.17, 15) is 4.79 Å². The Morgan fingerprint density at radius 2 is 1.58 bits per heavy atom. The number of unbranched alkanes of at least 4 members (excludes halogenated alkanes) is 3. The summed E-state index contributed by atoms with van der Waals surface area (Å²) in [4.78, 5) is 17.0. The molecule has 0 heterocycles. The lowest BCUT2D eigenvalue weighted by molar-refractivity contribution is 0.209. The molecule has 24 heavy (non-hydrogen) atoms. The van der Waals surface area contributed by atoms with E-state index in [-0.39, 0.29) is 12.1 Å². The van der Waals surface area contributed by atoms with Gasteiger partial charge in [-0.25, -0.2) is 13.5 Å². The molecule has 0 rings (SSSR count). The van der Waals surface area contributed by atoms with Crippen molar-refractivity contribution in [2.24, 2.45) is 4.99 Å². The summed E-state index contributed by atoms with van der Waals surface area (Å²) in [5, 5.41) is 2.83. The summed E-state index contributed by atoms with van der Waals surface area (Å²) in [6.45, 7) is 11.0. The molecule has 0 aliphatic carbocycles. The summed E-state index contributed by atoms with van der Waals surface area (Å²) in [7, 11) is 0. The lowest BCUT2D eigenvalue weighted by atomic mass is 10.3. The number of carbonyl (C=O) groups excluding carboxylic acids is 1. The van der Waals surface area contributed by atoms with Gasteiger partial charge in [0, 0.05) is 18.1 Å². The van der Waals surface area contributed by atoms with Crippen LogP contribution in [-0.2, 0) is 4.74 Å². The highest BCUT2D eigenvalue weighted by atomic mass is 32.2. The Balaban J connectivity index is 4.69. The predicted octanol–water partition coefficient (Wildman–Crippen LogP) is 5.48. The van der Waals surface area contributed by atoms with Crippen LogP contribution < -0.4 is 5.32 Å². The molecule has 0 aromatic carbocycles. The molecule has 1 N–H and O–H groups in total. The summed E-state index contributed by atoms with van der Waals surface area (Å²) >= 11 is 3.14. The fourth-order valence-electron chi connectivity index (χ4n) is 1.54. The van der Waals surface area contributed by atoms with E-state index >= 15 is 0 Å². The molecular formula is C17H35N3O2S2. The second-order valence-corrected chi connectivity index (χ2v) is 8.06. The van der Waals surface area contributed by atoms with Gasteiger partial charge in [-0.3, -0.25) is 5.32 Å². The van der Waals surface area contributed by atoms with Gasteiger partial charge in [0.1, 0.15) is 0 Å². The number of rotatable bonds is 12. The zero-order chi connectivity index (χ0) is 18.2. The standard InChI is InChI=1S/C17H35N3O2S2/c1-6-9-12-18-16(22-15(4)5)19-17(21)20(23-13-10-7-2)24-14-11-8-3/h15H,6-14H2,1-5H3,(H,18,19,21). The largest absolute Gasteiger partial charge is 0.462 e. The number of hydrogen-bond acceptors (Lipinski definition) is 5. The first kappa shape index (κ1) is 23.4. The predicted molar refractivity (Wildman–Crippen MR) is 109 cm³/mol. The van der Waals surface area contributed by atoms with Gasteiger partial charge >= 0.3 is 6.03 Å². The van der Waals surface area contributed by atoms with Crippen molar-refractivity contribution in [2.75, 3.05) is 18.1 Å². The molecule has 0 fully saturated rings. The van der Waals surface area contributed by atoms with E-state index in [0.717, 1.165) is 50.0 Å². The van der Waals surface area contributed by atoms with Gasteiger partial charge < -0.3 is 4.74 Å². The van der Waals surface area contributed by atoms with Gasteiger partial charge in [0.05, 0.1) is 6.10 Å². The smallest absolute Gasteiger partial charge is 0.345 e. The zero-order valence-electron chi connectivity index (χ0n) is 16.0. The van der Waals surface area contributed by atoms with Gasteiger partial charge in [0.15, 0.2) is 0 Å². The first-order valence-electron chi connectivity index (χ1n) is 9.13. The Morgan fingerprint density at radius 3 is 2.04 bits per heavy atom. The maximum absolute atomic E-state index is 12.6. The number of amidine groups is 1. The van der Waals surface area contributed by atoms with Crippen molar-refractivity contribution in [3.63, 3.8) is 0 Å². The molecular weight excluding hydrogens is 342 g/mol. The average molecular weight is 378 g/mol. The fraction of sp³-hybridized carbons (Fsp3) is 0.882. The number of urea groups is 1. The van der Waals surface area contributed by atoms with Crippen molar-refractivity contribution < 1.29 is 9.53 Å². The van der Waals surface area contributed by atoms with Crippen LogP contribution in [0.25, 0.3) is 0 Å². The van der Waals surface area contributed by atoms with Crippen LogP contribution >= 0.6 is 23.9 Å². The first-order valence-corrected chi connectivity index (χ1v) is 11.0. The van der Waals surface area contributed by atoms with Gasteiger partial charge in [-0.15, -0.1) is 0 Å². The number of hydrogen-bond donors (Lipinski definition) is 1. The molecule has 0 saturated heterocycles. The highest BCUT2D eigenvalue weighted by molar-refractivity contribution is 8.12. The Kier molecular flexibility index (Phi) is 15.6. The molecule has 0 atom stereocenters. The van der Waals surface area contributed by atoms with E-state index in [4.69, 9.17) is 4.74 Å². The summed E-state index contributed by atoms with van der Waals surface area (Å²) in [5.74, 6) is 1.88. The highest BCUT2D eigenvalue weighted by Gasteiger charge is 2.18. The number of aliphatic imine (C=N–C) groups is 1. The van der Waals surface area contributed by atoms with Gasteiger partial charge in [-0.1, -0.05) is 40.0 Å². The van der Waals surface area contributed by atoms with Gasteiger partial charge in [0.25, 0.3) is 6.02 Å². The van der Waals surface area contributed by atoms with Crippen LogP contribution in [0.2, 0.25) is 0 Å². The minimum Gasteiger partial charge on any atom is -0.462 e. The molecule has 0 unspecified atom stereocenters. The number of ether oxygens (including phenoxy) is 1. The molecule has 0 radical (unpaired) electrons. The Bertz CT molecular complexity index is 343. The van der Waals surface area contributed by atoms with E-state index in [2.05, 4.69) is 31.1 Å². The van der Waals surface area contributed by atoms with E-state index in [0.29, 0.717) is 12.6 Å². The second-order valence-electron chi connectivity index (χ2n) is 5.77. The molecule has 0 spiro atoms. The topological polar surface area (TPSA) is 53.9 Å². The lowest BCUT2D eigenvalue weighted by Crippen LogP contribution is -2.39. The monoisotopic (exact) mass is 377 g/mol. The second kappa shape index (κ2) is 15.9. The van der Waals surface area contributed by atoms with E-state index in [1.54, 1.807) is 27.6 Å². The Labute approximate surface area is 157 Å². The zero-order valence-corrected chi connectivity index (χ0v) is 17.6. The van der Waals surface area contributed by atoms with Gasteiger partial charge in [-0.2, -0.15) is 0 Å². The van der Waals surface area contributed by atoms with E-state index in [1.807, 2.05) is 13.8 Å². The summed E-state index contributed by atoms with van der Waals surface area (Å²) in [5.41, 5.74) is 0. The van der Waals surface area contributed by atoms with Crippen LogP contribution in [0, 0.1) is 0 Å². The van der Waals surface area contributed by atoms with Crippen molar-refractivity contribution in [3.05, 3.63) is 0 Å². The van der Waals surface area contributed by atoms with Crippen LogP contribution in [0.4, 0.5) is 4.79 Å². The van der Waals surface area contributed by atoms with E-state index in [1.165, 1.54) is 0 Å². The maximum atomic E-state index is 12.6. The summed E-state index contributed by atoms with van der Waals surface area (Å²) < 4.78 is 7.38. The molecule has 2 amide bonds. The molecule has 5 nitrogen and oxygen atoms in total. The number of carbonyl (C=O) groups is 1. The summed E-state index contributed by atoms with van der Waals surface area (Å²) in [6.07, 6.45) is 6.49. The maximum Gasteiger partial charge on any atom is 0.345 e. The molecule has 0 saturated carbocycles. The molecule has 7 heteroatoms. The van der Waals surface area contributed by atoms with Crippen LogP contribution in [0.3, 0.4) is 0 Å². The van der Waals surface area contributed by atoms with Gasteiger partial charge in [0.2, 0.25) is 0 Å². The van der Waals surface area contributed by atoms with Crippen molar-refractivity contribution in [1.29, 1.82) is 0 Å². The minimum atomic E-state index is -0.159.